The Bertz CT molecular complexity index is 532. The van der Waals surface area contributed by atoms with Gasteiger partial charge >= 0.3 is 0 Å². The van der Waals surface area contributed by atoms with Gasteiger partial charge in [-0.3, -0.25) is 14.9 Å². The van der Waals surface area contributed by atoms with Crippen molar-refractivity contribution in [2.45, 2.75) is 32.4 Å². The largest absolute Gasteiger partial charge is 0.379 e. The monoisotopic (exact) mass is 282 g/mol. The average molecular weight is 282 g/mol. The molecule has 0 spiro atoms. The summed E-state index contributed by atoms with van der Waals surface area (Å²) in [6.07, 6.45) is 9.28. The summed E-state index contributed by atoms with van der Waals surface area (Å²) in [7, 11) is 0. The Kier molecular flexibility index (Phi) is 4.79. The Labute approximate surface area is 126 Å². The number of anilines is 1. The van der Waals surface area contributed by atoms with Crippen LogP contribution in [0.5, 0.6) is 0 Å². The molecule has 1 aromatic heterocycles. The number of likely N-dealkylation sites (tertiary alicyclic amines) is 1. The van der Waals surface area contributed by atoms with Crippen molar-refractivity contribution in [1.82, 2.24) is 14.9 Å². The van der Waals surface area contributed by atoms with Gasteiger partial charge in [0, 0.05) is 24.6 Å². The van der Waals surface area contributed by atoms with E-state index in [1.165, 1.54) is 37.9 Å². The molecule has 4 nitrogen and oxygen atoms in total. The minimum absolute atomic E-state index is 0.708. The fourth-order valence-electron chi connectivity index (χ4n) is 2.72. The summed E-state index contributed by atoms with van der Waals surface area (Å²) in [5.41, 5.74) is 3.47. The lowest BCUT2D eigenvalue weighted by atomic mass is 10.1. The number of nitrogens with zero attached hydrogens (tertiary/aromatic N) is 3. The molecule has 1 aliphatic heterocycles. The number of rotatable bonds is 5. The van der Waals surface area contributed by atoms with Crippen LogP contribution in [-0.4, -0.2) is 28.0 Å². The summed E-state index contributed by atoms with van der Waals surface area (Å²) in [5, 5.41) is 3.38. The molecule has 1 N–H and O–H groups in total. The van der Waals surface area contributed by atoms with Crippen LogP contribution in [0.3, 0.4) is 0 Å². The summed E-state index contributed by atoms with van der Waals surface area (Å²) < 4.78 is 0. The second-order valence-corrected chi connectivity index (χ2v) is 5.58. The van der Waals surface area contributed by atoms with Gasteiger partial charge in [0.15, 0.2) is 0 Å². The number of nitrogens with one attached hydrogen (secondary N) is 1. The minimum Gasteiger partial charge on any atom is -0.379 e. The van der Waals surface area contributed by atoms with Crippen LogP contribution in [0.4, 0.5) is 5.69 Å². The van der Waals surface area contributed by atoms with Gasteiger partial charge in [0.25, 0.3) is 0 Å². The van der Waals surface area contributed by atoms with Crippen LogP contribution in [0.25, 0.3) is 0 Å². The van der Waals surface area contributed by atoms with E-state index in [1.54, 1.807) is 18.6 Å². The Morgan fingerprint density at radius 3 is 2.52 bits per heavy atom. The molecule has 0 amide bonds. The van der Waals surface area contributed by atoms with E-state index in [0.29, 0.717) is 6.54 Å². The van der Waals surface area contributed by atoms with E-state index in [-0.39, 0.29) is 0 Å². The number of benzene rings is 1. The summed E-state index contributed by atoms with van der Waals surface area (Å²) in [4.78, 5) is 10.9. The first kappa shape index (κ1) is 14.0. The van der Waals surface area contributed by atoms with Crippen LogP contribution in [-0.2, 0) is 13.1 Å². The first-order valence-corrected chi connectivity index (χ1v) is 7.70. The predicted octanol–water partition coefficient (Wildman–Crippen LogP) is 3.07. The topological polar surface area (TPSA) is 41.1 Å². The van der Waals surface area contributed by atoms with Gasteiger partial charge in [0.1, 0.15) is 0 Å². The molecule has 0 radical (unpaired) electrons. The highest BCUT2D eigenvalue weighted by Gasteiger charge is 2.10. The zero-order valence-corrected chi connectivity index (χ0v) is 12.3. The maximum atomic E-state index is 4.26. The molecule has 0 unspecified atom stereocenters. The van der Waals surface area contributed by atoms with E-state index < -0.39 is 0 Å². The first-order chi connectivity index (χ1) is 10.4. The standard InChI is InChI=1S/C17H22N4/c1-2-10-21(11-3-1)14-15-4-6-16(7-5-15)20-13-17-12-18-8-9-19-17/h4-9,12,20H,1-3,10-11,13-14H2. The van der Waals surface area contributed by atoms with E-state index in [4.69, 9.17) is 0 Å². The molecule has 0 aliphatic carbocycles. The molecule has 0 saturated carbocycles. The minimum atomic E-state index is 0.708. The van der Waals surface area contributed by atoms with Crippen LogP contribution in [0.1, 0.15) is 30.5 Å². The molecule has 21 heavy (non-hydrogen) atoms. The van der Waals surface area contributed by atoms with E-state index in [2.05, 4.69) is 44.5 Å². The lowest BCUT2D eigenvalue weighted by Crippen LogP contribution is -2.29. The second-order valence-electron chi connectivity index (χ2n) is 5.58. The van der Waals surface area contributed by atoms with Crippen molar-refractivity contribution in [3.05, 3.63) is 54.1 Å². The van der Waals surface area contributed by atoms with Crippen molar-refractivity contribution in [3.63, 3.8) is 0 Å². The van der Waals surface area contributed by atoms with E-state index in [0.717, 1.165) is 17.9 Å². The van der Waals surface area contributed by atoms with Gasteiger partial charge in [-0.25, -0.2) is 0 Å². The third-order valence-corrected chi connectivity index (χ3v) is 3.90. The van der Waals surface area contributed by atoms with Crippen molar-refractivity contribution in [1.29, 1.82) is 0 Å². The van der Waals surface area contributed by atoms with Gasteiger partial charge in [-0.2, -0.15) is 0 Å². The second kappa shape index (κ2) is 7.18. The Hall–Kier alpha value is -1.94. The fraction of sp³-hybridized carbons (Fsp3) is 0.412. The number of aromatic nitrogens is 2. The van der Waals surface area contributed by atoms with Gasteiger partial charge in [-0.05, 0) is 43.6 Å². The highest BCUT2D eigenvalue weighted by atomic mass is 15.1. The van der Waals surface area contributed by atoms with Gasteiger partial charge in [0.2, 0.25) is 0 Å². The lowest BCUT2D eigenvalue weighted by Gasteiger charge is -2.26. The highest BCUT2D eigenvalue weighted by molar-refractivity contribution is 5.44. The van der Waals surface area contributed by atoms with Crippen molar-refractivity contribution < 1.29 is 0 Å². The summed E-state index contributed by atoms with van der Waals surface area (Å²) in [6.45, 7) is 4.27. The van der Waals surface area contributed by atoms with E-state index in [1.807, 2.05) is 0 Å². The smallest absolute Gasteiger partial charge is 0.0777 e. The molecule has 4 heteroatoms. The predicted molar refractivity (Wildman–Crippen MR) is 84.9 cm³/mol. The molecular weight excluding hydrogens is 260 g/mol. The molecule has 110 valence electrons. The Morgan fingerprint density at radius 1 is 1.00 bits per heavy atom. The van der Waals surface area contributed by atoms with Crippen molar-refractivity contribution in [3.8, 4) is 0 Å². The molecule has 3 rings (SSSR count). The highest BCUT2D eigenvalue weighted by Crippen LogP contribution is 2.15. The third kappa shape index (κ3) is 4.26. The third-order valence-electron chi connectivity index (χ3n) is 3.90. The molecule has 1 fully saturated rings. The molecule has 0 atom stereocenters. The maximum absolute atomic E-state index is 4.26. The molecule has 2 heterocycles. The summed E-state index contributed by atoms with van der Waals surface area (Å²) >= 11 is 0. The number of hydrogen-bond acceptors (Lipinski definition) is 4. The SMILES string of the molecule is c1cnc(CNc2ccc(CN3CCCCC3)cc2)cn1. The lowest BCUT2D eigenvalue weighted by molar-refractivity contribution is 0.221. The van der Waals surface area contributed by atoms with Gasteiger partial charge in [-0.1, -0.05) is 18.6 Å². The van der Waals surface area contributed by atoms with Crippen LogP contribution in [0.2, 0.25) is 0 Å². The summed E-state index contributed by atoms with van der Waals surface area (Å²) in [5.74, 6) is 0. The molecule has 0 bridgehead atoms. The number of hydrogen-bond donors (Lipinski definition) is 1. The quantitative estimate of drug-likeness (QED) is 0.915. The Balaban J connectivity index is 1.51. The van der Waals surface area contributed by atoms with Crippen LogP contribution < -0.4 is 5.32 Å². The van der Waals surface area contributed by atoms with Gasteiger partial charge in [-0.15, -0.1) is 0 Å². The molecule has 1 saturated heterocycles. The Morgan fingerprint density at radius 2 is 1.81 bits per heavy atom. The van der Waals surface area contributed by atoms with Crippen molar-refractivity contribution in [2.75, 3.05) is 18.4 Å². The molecular formula is C17H22N4. The number of piperidine rings is 1. The average Bonchev–Trinajstić information content (AvgIpc) is 2.56. The van der Waals surface area contributed by atoms with E-state index in [9.17, 15) is 0 Å². The van der Waals surface area contributed by atoms with Crippen LogP contribution in [0, 0.1) is 0 Å². The van der Waals surface area contributed by atoms with Crippen LogP contribution in [0.15, 0.2) is 42.9 Å². The zero-order valence-electron chi connectivity index (χ0n) is 12.3. The normalized spacial score (nSPS) is 15.8. The molecule has 1 aliphatic rings. The van der Waals surface area contributed by atoms with Gasteiger partial charge in [0.05, 0.1) is 18.4 Å². The first-order valence-electron chi connectivity index (χ1n) is 7.70. The van der Waals surface area contributed by atoms with Crippen molar-refractivity contribution >= 4 is 5.69 Å². The van der Waals surface area contributed by atoms with Crippen LogP contribution >= 0.6 is 0 Å². The summed E-state index contributed by atoms with van der Waals surface area (Å²) in [6, 6.07) is 8.73. The fourth-order valence-corrected chi connectivity index (χ4v) is 2.72. The van der Waals surface area contributed by atoms with Crippen molar-refractivity contribution in [2.24, 2.45) is 0 Å². The van der Waals surface area contributed by atoms with Gasteiger partial charge < -0.3 is 5.32 Å². The maximum Gasteiger partial charge on any atom is 0.0777 e. The molecule has 1 aromatic carbocycles. The zero-order chi connectivity index (χ0) is 14.3. The molecule has 2 aromatic rings. The van der Waals surface area contributed by atoms with E-state index >= 15 is 0 Å².